The van der Waals surface area contributed by atoms with Gasteiger partial charge in [0.2, 0.25) is 0 Å². The molecule has 24 heavy (non-hydrogen) atoms. The summed E-state index contributed by atoms with van der Waals surface area (Å²) in [5.41, 5.74) is 3.21. The van der Waals surface area contributed by atoms with Crippen molar-refractivity contribution >= 4 is 43.6 Å². The van der Waals surface area contributed by atoms with Crippen LogP contribution in [0.4, 0.5) is 0 Å². The first-order valence-corrected chi connectivity index (χ1v) is 7.83. The first kappa shape index (κ1) is 13.1. The minimum Gasteiger partial charge on any atom is -0.289 e. The maximum atomic E-state index is 13.0. The summed E-state index contributed by atoms with van der Waals surface area (Å²) >= 11 is 0. The van der Waals surface area contributed by atoms with Crippen molar-refractivity contribution in [3.05, 3.63) is 83.0 Å². The number of aromatic nitrogens is 2. The van der Waals surface area contributed by atoms with Crippen LogP contribution in [0.1, 0.15) is 0 Å². The molecule has 3 nitrogen and oxygen atoms in total. The van der Waals surface area contributed by atoms with Gasteiger partial charge in [0.15, 0.2) is 5.43 Å². The lowest BCUT2D eigenvalue weighted by Crippen LogP contribution is -1.97. The average Bonchev–Trinajstić information content (AvgIpc) is 2.75. The molecule has 3 heteroatoms. The van der Waals surface area contributed by atoms with Gasteiger partial charge in [0.1, 0.15) is 0 Å². The van der Waals surface area contributed by atoms with Gasteiger partial charge in [-0.2, -0.15) is 0 Å². The zero-order chi connectivity index (χ0) is 16.1. The number of hydrogen-bond donors (Lipinski definition) is 0. The molecule has 0 fully saturated rings. The molecule has 0 aliphatic rings. The predicted octanol–water partition coefficient (Wildman–Crippen LogP) is 4.45. The van der Waals surface area contributed by atoms with Gasteiger partial charge in [-0.1, -0.05) is 60.7 Å². The molecule has 0 amide bonds. The van der Waals surface area contributed by atoms with Crippen LogP contribution in [0.3, 0.4) is 0 Å². The van der Waals surface area contributed by atoms with Crippen molar-refractivity contribution in [1.29, 1.82) is 0 Å². The van der Waals surface area contributed by atoms with Crippen LogP contribution in [0, 0.1) is 0 Å². The lowest BCUT2D eigenvalue weighted by Gasteiger charge is -2.01. The van der Waals surface area contributed by atoms with Crippen LogP contribution in [0.15, 0.2) is 77.6 Å². The molecule has 0 N–H and O–H groups in total. The first-order chi connectivity index (χ1) is 11.8. The van der Waals surface area contributed by atoms with Gasteiger partial charge in [-0.3, -0.25) is 4.79 Å². The Morgan fingerprint density at radius 1 is 0.500 bits per heavy atom. The van der Waals surface area contributed by atoms with Gasteiger partial charge in [-0.05, 0) is 12.1 Å². The van der Waals surface area contributed by atoms with Gasteiger partial charge in [-0.25, -0.2) is 9.97 Å². The molecule has 0 spiro atoms. The largest absolute Gasteiger partial charge is 0.289 e. The van der Waals surface area contributed by atoms with E-state index >= 15 is 0 Å². The van der Waals surface area contributed by atoms with E-state index in [0.29, 0.717) is 10.8 Å². The van der Waals surface area contributed by atoms with Crippen LogP contribution < -0.4 is 5.43 Å². The molecule has 0 unspecified atom stereocenters. The number of para-hydroxylation sites is 2. The van der Waals surface area contributed by atoms with E-state index in [0.717, 1.165) is 32.8 Å². The molecular weight excluding hydrogens is 296 g/mol. The highest BCUT2D eigenvalue weighted by Gasteiger charge is 2.11. The lowest BCUT2D eigenvalue weighted by atomic mass is 10.1. The van der Waals surface area contributed by atoms with E-state index in [1.807, 2.05) is 72.8 Å². The molecule has 0 bridgehead atoms. The molecule has 1 aromatic heterocycles. The lowest BCUT2D eigenvalue weighted by molar-refractivity contribution is 1.42. The fourth-order valence-corrected chi connectivity index (χ4v) is 3.30. The van der Waals surface area contributed by atoms with Crippen molar-refractivity contribution in [3.8, 4) is 0 Å². The Balaban J connectivity index is 2.25. The summed E-state index contributed by atoms with van der Waals surface area (Å²) < 4.78 is 0. The summed E-state index contributed by atoms with van der Waals surface area (Å²) in [6, 6.07) is 23.1. The quantitative estimate of drug-likeness (QED) is 0.424. The third-order valence-corrected chi connectivity index (χ3v) is 4.42. The summed E-state index contributed by atoms with van der Waals surface area (Å²) in [4.78, 5) is 22.7. The molecule has 1 heterocycles. The van der Waals surface area contributed by atoms with Crippen LogP contribution >= 0.6 is 0 Å². The van der Waals surface area contributed by atoms with Crippen LogP contribution in [0.2, 0.25) is 0 Å². The van der Waals surface area contributed by atoms with Crippen LogP contribution in [-0.4, -0.2) is 9.97 Å². The molecule has 5 rings (SSSR count). The topological polar surface area (TPSA) is 42.9 Å². The van der Waals surface area contributed by atoms with Gasteiger partial charge < -0.3 is 0 Å². The van der Waals surface area contributed by atoms with Crippen molar-refractivity contribution in [1.82, 2.24) is 9.97 Å². The third kappa shape index (κ3) is 1.75. The molecule has 0 aliphatic heterocycles. The monoisotopic (exact) mass is 308 g/mol. The smallest absolute Gasteiger partial charge is 0.194 e. The van der Waals surface area contributed by atoms with Crippen LogP contribution in [0.5, 0.6) is 0 Å². The Labute approximate surface area is 137 Å². The maximum Gasteiger partial charge on any atom is 0.194 e. The normalized spacial score (nSPS) is 11.5. The van der Waals surface area contributed by atoms with E-state index in [9.17, 15) is 4.79 Å². The van der Waals surface area contributed by atoms with Gasteiger partial charge in [0.25, 0.3) is 0 Å². The standard InChI is InChI=1S/C21H12N2O/c24-21-15-9-3-1-7-13(15)19-20(14-8-2-4-10-16(14)21)23-18-12-6-5-11-17(18)22-19/h1-12H. The number of hydrogen-bond acceptors (Lipinski definition) is 3. The summed E-state index contributed by atoms with van der Waals surface area (Å²) in [6.45, 7) is 0. The fourth-order valence-electron chi connectivity index (χ4n) is 3.30. The highest BCUT2D eigenvalue weighted by atomic mass is 16.1. The number of nitrogens with zero attached hydrogens (tertiary/aromatic N) is 2. The summed E-state index contributed by atoms with van der Waals surface area (Å²) in [5.74, 6) is 0. The Morgan fingerprint density at radius 3 is 1.33 bits per heavy atom. The minimum absolute atomic E-state index is 0.0186. The Bertz CT molecular complexity index is 1230. The number of rotatable bonds is 0. The Morgan fingerprint density at radius 2 is 0.875 bits per heavy atom. The molecule has 112 valence electrons. The third-order valence-electron chi connectivity index (χ3n) is 4.42. The van der Waals surface area contributed by atoms with E-state index < -0.39 is 0 Å². The van der Waals surface area contributed by atoms with Crippen molar-refractivity contribution in [2.75, 3.05) is 0 Å². The van der Waals surface area contributed by atoms with Crippen LogP contribution in [0.25, 0.3) is 43.6 Å². The van der Waals surface area contributed by atoms with Gasteiger partial charge >= 0.3 is 0 Å². The Kier molecular flexibility index (Phi) is 2.65. The maximum absolute atomic E-state index is 13.0. The minimum atomic E-state index is 0.0186. The number of benzene rings is 3. The van der Waals surface area contributed by atoms with E-state index in [4.69, 9.17) is 9.97 Å². The predicted molar refractivity (Wildman–Crippen MR) is 98.3 cm³/mol. The van der Waals surface area contributed by atoms with Gasteiger partial charge in [-0.15, -0.1) is 0 Å². The average molecular weight is 308 g/mol. The Hall–Kier alpha value is -3.33. The SMILES string of the molecule is O=c1c2ccccc2c2nc3ccccc3nc2c2ccccc12. The highest BCUT2D eigenvalue weighted by Crippen LogP contribution is 2.27. The van der Waals surface area contributed by atoms with Crippen molar-refractivity contribution in [3.63, 3.8) is 0 Å². The molecular formula is C21H12N2O. The molecule has 0 atom stereocenters. The fraction of sp³-hybridized carbons (Fsp3) is 0. The van der Waals surface area contributed by atoms with E-state index in [1.165, 1.54) is 0 Å². The van der Waals surface area contributed by atoms with E-state index in [2.05, 4.69) is 0 Å². The summed E-state index contributed by atoms with van der Waals surface area (Å²) in [6.07, 6.45) is 0. The zero-order valence-electron chi connectivity index (χ0n) is 12.7. The van der Waals surface area contributed by atoms with Crippen molar-refractivity contribution in [2.45, 2.75) is 0 Å². The molecule has 0 saturated heterocycles. The van der Waals surface area contributed by atoms with Crippen LogP contribution in [-0.2, 0) is 0 Å². The van der Waals surface area contributed by atoms with Crippen molar-refractivity contribution in [2.24, 2.45) is 0 Å². The van der Waals surface area contributed by atoms with E-state index in [-0.39, 0.29) is 5.43 Å². The summed E-state index contributed by atoms with van der Waals surface area (Å²) in [7, 11) is 0. The van der Waals surface area contributed by atoms with Gasteiger partial charge in [0, 0.05) is 21.5 Å². The van der Waals surface area contributed by atoms with Gasteiger partial charge in [0.05, 0.1) is 22.1 Å². The second-order valence-electron chi connectivity index (χ2n) is 5.83. The second kappa shape index (κ2) is 4.83. The highest BCUT2D eigenvalue weighted by molar-refractivity contribution is 6.15. The molecule has 4 aromatic carbocycles. The summed E-state index contributed by atoms with van der Waals surface area (Å²) in [5, 5.41) is 3.03. The molecule has 0 radical (unpaired) electrons. The molecule has 0 saturated carbocycles. The zero-order valence-corrected chi connectivity index (χ0v) is 12.7. The first-order valence-electron chi connectivity index (χ1n) is 7.83. The number of fused-ring (bicyclic) bond motifs is 6. The second-order valence-corrected chi connectivity index (χ2v) is 5.83. The van der Waals surface area contributed by atoms with Crippen molar-refractivity contribution < 1.29 is 0 Å². The van der Waals surface area contributed by atoms with E-state index in [1.54, 1.807) is 0 Å². The molecule has 0 aliphatic carbocycles. The molecule has 5 aromatic rings.